The van der Waals surface area contributed by atoms with Crippen LogP contribution >= 0.6 is 0 Å². The van der Waals surface area contributed by atoms with Gasteiger partial charge in [0.05, 0.1) is 49.8 Å². The Labute approximate surface area is 321 Å². The fraction of sp³-hybridized carbons (Fsp3) is 0.725. The van der Waals surface area contributed by atoms with E-state index in [-0.39, 0.29) is 54.5 Å². The summed E-state index contributed by atoms with van der Waals surface area (Å²) in [7, 11) is 4.25. The molecule has 0 radical (unpaired) electrons. The Bertz CT molecular complexity index is 1340. The highest BCUT2D eigenvalue weighted by molar-refractivity contribution is 5.90. The molecule has 54 heavy (non-hydrogen) atoms. The lowest BCUT2D eigenvalue weighted by molar-refractivity contribution is -0.143. The van der Waals surface area contributed by atoms with Crippen molar-refractivity contribution < 1.29 is 48.0 Å². The number of aliphatic hydroxyl groups excluding tert-OH is 1. The summed E-state index contributed by atoms with van der Waals surface area (Å²) >= 11 is 0. The first-order chi connectivity index (χ1) is 25.5. The molecule has 1 aromatic rings. The van der Waals surface area contributed by atoms with Crippen LogP contribution in [-0.4, -0.2) is 111 Å². The summed E-state index contributed by atoms with van der Waals surface area (Å²) in [6.45, 7) is 15.3. The number of amides is 4. The SMILES string of the molecule is CC[C@H](C)[C@@H](CNC(=O)[C@@H](NC(=O)[C@@H](OC(=O)OC)C(C)C)C(C)C)[C@@H](CC(=O)N1CCC[C@H]1[C@H](OC)[C@@H](C)C(=O)N[C@H](C)[C@@H](O)c1ccccc1)OC. The lowest BCUT2D eigenvalue weighted by Crippen LogP contribution is -2.55. The molecule has 0 aromatic heterocycles. The number of ether oxygens (including phenoxy) is 4. The van der Waals surface area contributed by atoms with Crippen LogP contribution < -0.4 is 16.0 Å². The maximum atomic E-state index is 14.0. The molecule has 1 fully saturated rings. The number of methoxy groups -OCH3 is 3. The van der Waals surface area contributed by atoms with Crippen molar-refractivity contribution in [3.8, 4) is 0 Å². The molecule has 0 aliphatic carbocycles. The highest BCUT2D eigenvalue weighted by atomic mass is 16.7. The third-order valence-electron chi connectivity index (χ3n) is 10.7. The zero-order valence-electron chi connectivity index (χ0n) is 34.1. The highest BCUT2D eigenvalue weighted by Crippen LogP contribution is 2.30. The van der Waals surface area contributed by atoms with Crippen LogP contribution in [-0.2, 0) is 38.1 Å². The van der Waals surface area contributed by atoms with Crippen molar-refractivity contribution >= 4 is 29.8 Å². The molecule has 2 rings (SSSR count). The minimum absolute atomic E-state index is 0.0560. The molecule has 1 saturated heterocycles. The van der Waals surface area contributed by atoms with Gasteiger partial charge in [-0.05, 0) is 43.1 Å². The number of carbonyl (C=O) groups excluding carboxylic acids is 5. The number of aliphatic hydroxyl groups is 1. The average Bonchev–Trinajstić information content (AvgIpc) is 3.64. The quantitative estimate of drug-likeness (QED) is 0.134. The summed E-state index contributed by atoms with van der Waals surface area (Å²) in [5, 5.41) is 19.5. The Hall–Kier alpha value is -3.75. The largest absolute Gasteiger partial charge is 0.508 e. The summed E-state index contributed by atoms with van der Waals surface area (Å²) in [6.07, 6.45) is -1.91. The predicted molar refractivity (Wildman–Crippen MR) is 204 cm³/mol. The molecule has 0 unspecified atom stereocenters. The predicted octanol–water partition coefficient (Wildman–Crippen LogP) is 4.00. The van der Waals surface area contributed by atoms with Gasteiger partial charge >= 0.3 is 6.16 Å². The second-order valence-electron chi connectivity index (χ2n) is 15.2. The Morgan fingerprint density at radius 1 is 0.870 bits per heavy atom. The molecule has 0 bridgehead atoms. The molecular weight excluding hydrogens is 696 g/mol. The molecule has 1 aromatic carbocycles. The molecule has 1 heterocycles. The van der Waals surface area contributed by atoms with E-state index in [9.17, 15) is 29.1 Å². The number of likely N-dealkylation sites (tertiary alicyclic amines) is 1. The van der Waals surface area contributed by atoms with Crippen molar-refractivity contribution in [2.75, 3.05) is 34.4 Å². The van der Waals surface area contributed by atoms with E-state index in [0.717, 1.165) is 20.0 Å². The lowest BCUT2D eigenvalue weighted by atomic mass is 9.84. The van der Waals surface area contributed by atoms with Crippen LogP contribution in [0.1, 0.15) is 92.7 Å². The molecule has 10 atom stereocenters. The van der Waals surface area contributed by atoms with Crippen molar-refractivity contribution in [3.05, 3.63) is 35.9 Å². The maximum absolute atomic E-state index is 14.0. The third kappa shape index (κ3) is 12.9. The molecule has 14 heteroatoms. The summed E-state index contributed by atoms with van der Waals surface area (Å²) in [5.41, 5.74) is 0.700. The van der Waals surface area contributed by atoms with Crippen molar-refractivity contribution in [3.63, 3.8) is 0 Å². The van der Waals surface area contributed by atoms with E-state index in [4.69, 9.17) is 14.2 Å². The standard InChI is InChI=1S/C40H66N4O10/c1-12-25(6)29(22-41-38(48)33(23(2)3)43-39(49)35(24(4)5)54-40(50)53-11)31(51-9)21-32(45)44-20-16-19-30(44)36(52-10)26(7)37(47)42-27(8)34(46)28-17-14-13-15-18-28/h13-15,17-18,23-27,29-31,33-36,46H,12,16,19-22H2,1-11H3,(H,41,48)(H,42,47)(H,43,49)/t25-,26+,27+,29+,30-,31+,33-,34+,35-,36+/m0/s1. The molecule has 0 spiro atoms. The first-order valence-corrected chi connectivity index (χ1v) is 19.2. The van der Waals surface area contributed by atoms with Gasteiger partial charge in [-0.2, -0.15) is 0 Å². The van der Waals surface area contributed by atoms with Gasteiger partial charge in [-0.1, -0.05) is 85.2 Å². The van der Waals surface area contributed by atoms with Crippen molar-refractivity contribution in [1.82, 2.24) is 20.9 Å². The van der Waals surface area contributed by atoms with Gasteiger partial charge in [0.1, 0.15) is 6.04 Å². The number of nitrogens with zero attached hydrogens (tertiary/aromatic N) is 1. The number of hydrogen-bond acceptors (Lipinski definition) is 10. The van der Waals surface area contributed by atoms with Crippen molar-refractivity contribution in [2.24, 2.45) is 29.6 Å². The summed E-state index contributed by atoms with van der Waals surface area (Å²) in [6, 6.07) is 7.33. The Morgan fingerprint density at radius 3 is 2.06 bits per heavy atom. The molecule has 14 nitrogen and oxygen atoms in total. The van der Waals surface area contributed by atoms with Gasteiger partial charge in [-0.15, -0.1) is 0 Å². The first kappa shape index (κ1) is 46.4. The van der Waals surface area contributed by atoms with Gasteiger partial charge in [0.15, 0.2) is 6.10 Å². The zero-order valence-corrected chi connectivity index (χ0v) is 34.1. The van der Waals surface area contributed by atoms with Crippen molar-refractivity contribution in [2.45, 2.75) is 124 Å². The van der Waals surface area contributed by atoms with Gasteiger partial charge < -0.3 is 44.9 Å². The Kier molecular flexibility index (Phi) is 19.4. The maximum Gasteiger partial charge on any atom is 0.508 e. The van der Waals surface area contributed by atoms with Crippen LogP contribution in [0, 0.1) is 29.6 Å². The van der Waals surface area contributed by atoms with E-state index in [1.807, 2.05) is 32.0 Å². The highest BCUT2D eigenvalue weighted by Gasteiger charge is 2.42. The molecule has 0 saturated carbocycles. The monoisotopic (exact) mass is 762 g/mol. The van der Waals surface area contributed by atoms with E-state index in [0.29, 0.717) is 18.5 Å². The molecule has 1 aliphatic rings. The van der Waals surface area contributed by atoms with Gasteiger partial charge in [0.25, 0.3) is 5.91 Å². The number of carbonyl (C=O) groups is 5. The summed E-state index contributed by atoms with van der Waals surface area (Å²) < 4.78 is 21.5. The number of benzene rings is 1. The van der Waals surface area contributed by atoms with E-state index in [1.54, 1.807) is 72.8 Å². The van der Waals surface area contributed by atoms with Crippen molar-refractivity contribution in [1.29, 1.82) is 0 Å². The van der Waals surface area contributed by atoms with Crippen LogP contribution in [0.25, 0.3) is 0 Å². The molecule has 1 aliphatic heterocycles. The van der Waals surface area contributed by atoms with Gasteiger partial charge in [0.2, 0.25) is 17.7 Å². The minimum Gasteiger partial charge on any atom is -0.438 e. The van der Waals surface area contributed by atoms with Crippen LogP contribution in [0.5, 0.6) is 0 Å². The van der Waals surface area contributed by atoms with Crippen LogP contribution in [0.4, 0.5) is 4.79 Å². The van der Waals surface area contributed by atoms with Crippen LogP contribution in [0.15, 0.2) is 30.3 Å². The van der Waals surface area contributed by atoms with Gasteiger partial charge in [0, 0.05) is 33.2 Å². The lowest BCUT2D eigenvalue weighted by Gasteiger charge is -2.36. The fourth-order valence-electron chi connectivity index (χ4n) is 7.10. The van der Waals surface area contributed by atoms with Gasteiger partial charge in [-0.3, -0.25) is 19.2 Å². The number of nitrogens with one attached hydrogen (secondary N) is 3. The van der Waals surface area contributed by atoms with E-state index in [1.165, 1.54) is 0 Å². The summed E-state index contributed by atoms with van der Waals surface area (Å²) in [5.74, 6) is -2.89. The number of hydrogen-bond donors (Lipinski definition) is 4. The van der Waals surface area contributed by atoms with E-state index >= 15 is 0 Å². The van der Waals surface area contributed by atoms with E-state index in [2.05, 4.69) is 20.7 Å². The van der Waals surface area contributed by atoms with Gasteiger partial charge in [-0.25, -0.2) is 4.79 Å². The Morgan fingerprint density at radius 2 is 1.52 bits per heavy atom. The second kappa shape index (κ2) is 22.6. The normalized spacial score (nSPS) is 19.4. The topological polar surface area (TPSA) is 182 Å². The Balaban J connectivity index is 2.15. The molecule has 4 N–H and O–H groups in total. The molecular formula is C40H66N4O10. The molecule has 306 valence electrons. The van der Waals surface area contributed by atoms with Crippen LogP contribution in [0.2, 0.25) is 0 Å². The second-order valence-corrected chi connectivity index (χ2v) is 15.2. The van der Waals surface area contributed by atoms with E-state index < -0.39 is 60.4 Å². The average molecular weight is 763 g/mol. The molecule has 4 amide bonds. The number of rotatable bonds is 21. The van der Waals surface area contributed by atoms with Crippen LogP contribution in [0.3, 0.4) is 0 Å². The first-order valence-electron chi connectivity index (χ1n) is 19.2. The smallest absolute Gasteiger partial charge is 0.438 e. The minimum atomic E-state index is -1.15. The summed E-state index contributed by atoms with van der Waals surface area (Å²) in [4.78, 5) is 67.7. The fourth-order valence-corrected chi connectivity index (χ4v) is 7.10. The third-order valence-corrected chi connectivity index (χ3v) is 10.7. The zero-order chi connectivity index (χ0) is 40.7.